The SMILES string of the molecule is Cc1nc(N)nc(Nc2cccc(C#N)c2)c1[N+](=O)[O-]. The summed E-state index contributed by atoms with van der Waals surface area (Å²) in [6.07, 6.45) is 0. The van der Waals surface area contributed by atoms with Crippen LogP contribution in [0.3, 0.4) is 0 Å². The molecule has 2 aromatic rings. The van der Waals surface area contributed by atoms with Gasteiger partial charge in [-0.05, 0) is 25.1 Å². The molecule has 0 saturated heterocycles. The zero-order chi connectivity index (χ0) is 14.7. The molecule has 0 unspecified atom stereocenters. The molecule has 0 bridgehead atoms. The number of benzene rings is 1. The molecule has 0 aliphatic heterocycles. The highest BCUT2D eigenvalue weighted by Gasteiger charge is 2.21. The summed E-state index contributed by atoms with van der Waals surface area (Å²) in [5, 5.41) is 22.7. The van der Waals surface area contributed by atoms with E-state index in [0.717, 1.165) is 0 Å². The van der Waals surface area contributed by atoms with Gasteiger partial charge in [-0.3, -0.25) is 10.1 Å². The molecule has 8 nitrogen and oxygen atoms in total. The van der Waals surface area contributed by atoms with Crippen LogP contribution in [0.25, 0.3) is 0 Å². The van der Waals surface area contributed by atoms with Crippen LogP contribution in [0.15, 0.2) is 24.3 Å². The molecule has 0 atom stereocenters. The summed E-state index contributed by atoms with van der Waals surface area (Å²) in [4.78, 5) is 18.1. The smallest absolute Gasteiger partial charge is 0.332 e. The van der Waals surface area contributed by atoms with E-state index in [1.165, 1.54) is 6.92 Å². The first-order valence-electron chi connectivity index (χ1n) is 5.57. The lowest BCUT2D eigenvalue weighted by atomic mass is 10.2. The second kappa shape index (κ2) is 5.19. The van der Waals surface area contributed by atoms with E-state index >= 15 is 0 Å². The van der Waals surface area contributed by atoms with Crippen molar-refractivity contribution in [1.82, 2.24) is 9.97 Å². The molecular formula is C12H10N6O2. The summed E-state index contributed by atoms with van der Waals surface area (Å²) < 4.78 is 0. The van der Waals surface area contributed by atoms with Gasteiger partial charge < -0.3 is 11.1 Å². The van der Waals surface area contributed by atoms with Crippen molar-refractivity contribution >= 4 is 23.1 Å². The number of nitro groups is 1. The Morgan fingerprint density at radius 2 is 2.20 bits per heavy atom. The van der Waals surface area contributed by atoms with Crippen molar-refractivity contribution in [3.63, 3.8) is 0 Å². The number of aryl methyl sites for hydroxylation is 1. The largest absolute Gasteiger partial charge is 0.368 e. The molecule has 3 N–H and O–H groups in total. The van der Waals surface area contributed by atoms with E-state index in [1.54, 1.807) is 24.3 Å². The van der Waals surface area contributed by atoms with Gasteiger partial charge in [-0.25, -0.2) is 4.98 Å². The fourth-order valence-electron chi connectivity index (χ4n) is 1.70. The van der Waals surface area contributed by atoms with Crippen molar-refractivity contribution in [2.24, 2.45) is 0 Å². The van der Waals surface area contributed by atoms with E-state index in [2.05, 4.69) is 15.3 Å². The Labute approximate surface area is 114 Å². The van der Waals surface area contributed by atoms with Gasteiger partial charge in [-0.1, -0.05) is 6.07 Å². The second-order valence-electron chi connectivity index (χ2n) is 3.94. The number of nitrogens with one attached hydrogen (secondary N) is 1. The summed E-state index contributed by atoms with van der Waals surface area (Å²) in [5.41, 5.74) is 6.35. The molecule has 0 radical (unpaired) electrons. The fraction of sp³-hybridized carbons (Fsp3) is 0.0833. The molecule has 100 valence electrons. The first-order chi connectivity index (χ1) is 9.51. The highest BCUT2D eigenvalue weighted by molar-refractivity contribution is 5.68. The maximum Gasteiger partial charge on any atom is 0.332 e. The van der Waals surface area contributed by atoms with Crippen molar-refractivity contribution < 1.29 is 4.92 Å². The quantitative estimate of drug-likeness (QED) is 0.643. The molecule has 1 heterocycles. The summed E-state index contributed by atoms with van der Waals surface area (Å²) >= 11 is 0. The number of nitrogen functional groups attached to an aromatic ring is 1. The lowest BCUT2D eigenvalue weighted by Gasteiger charge is -2.08. The molecule has 0 amide bonds. The van der Waals surface area contributed by atoms with Crippen molar-refractivity contribution in [1.29, 1.82) is 5.26 Å². The summed E-state index contributed by atoms with van der Waals surface area (Å²) in [5.74, 6) is -0.0675. The number of nitriles is 1. The molecule has 1 aromatic carbocycles. The lowest BCUT2D eigenvalue weighted by Crippen LogP contribution is -2.07. The summed E-state index contributed by atoms with van der Waals surface area (Å²) in [6, 6.07) is 8.48. The van der Waals surface area contributed by atoms with Gasteiger partial charge >= 0.3 is 5.69 Å². The van der Waals surface area contributed by atoms with Gasteiger partial charge in [0.25, 0.3) is 0 Å². The van der Waals surface area contributed by atoms with Gasteiger partial charge in [0.05, 0.1) is 16.6 Å². The molecule has 0 fully saturated rings. The third-order valence-corrected chi connectivity index (χ3v) is 2.51. The van der Waals surface area contributed by atoms with Gasteiger partial charge in [0.1, 0.15) is 5.69 Å². The number of anilines is 3. The third kappa shape index (κ3) is 2.62. The van der Waals surface area contributed by atoms with E-state index in [1.807, 2.05) is 6.07 Å². The number of nitrogens with zero attached hydrogens (tertiary/aromatic N) is 4. The minimum atomic E-state index is -0.578. The van der Waals surface area contributed by atoms with Crippen molar-refractivity contribution in [3.05, 3.63) is 45.6 Å². The molecule has 0 aliphatic rings. The molecule has 0 saturated carbocycles. The normalized spacial score (nSPS) is 9.80. The molecule has 1 aromatic heterocycles. The van der Waals surface area contributed by atoms with Crippen LogP contribution in [-0.4, -0.2) is 14.9 Å². The van der Waals surface area contributed by atoms with Crippen molar-refractivity contribution in [3.8, 4) is 6.07 Å². The maximum absolute atomic E-state index is 11.1. The van der Waals surface area contributed by atoms with Gasteiger partial charge in [0, 0.05) is 5.69 Å². The Bertz CT molecular complexity index is 722. The Hall–Kier alpha value is -3.21. The van der Waals surface area contributed by atoms with Crippen molar-refractivity contribution in [2.45, 2.75) is 6.92 Å². The molecule has 0 aliphatic carbocycles. The van der Waals surface area contributed by atoms with E-state index in [9.17, 15) is 10.1 Å². The summed E-state index contributed by atoms with van der Waals surface area (Å²) in [7, 11) is 0. The molecule has 20 heavy (non-hydrogen) atoms. The molecule has 2 rings (SSSR count). The van der Waals surface area contributed by atoms with E-state index in [-0.39, 0.29) is 23.1 Å². The van der Waals surface area contributed by atoms with Crippen LogP contribution in [0.2, 0.25) is 0 Å². The number of hydrogen-bond donors (Lipinski definition) is 2. The topological polar surface area (TPSA) is 131 Å². The van der Waals surface area contributed by atoms with Crippen LogP contribution in [0.1, 0.15) is 11.3 Å². The van der Waals surface area contributed by atoms with Crippen LogP contribution >= 0.6 is 0 Å². The third-order valence-electron chi connectivity index (χ3n) is 2.51. The van der Waals surface area contributed by atoms with E-state index < -0.39 is 4.92 Å². The average Bonchev–Trinajstić information content (AvgIpc) is 2.37. The zero-order valence-corrected chi connectivity index (χ0v) is 10.5. The number of aromatic nitrogens is 2. The molecule has 8 heteroatoms. The summed E-state index contributed by atoms with van der Waals surface area (Å²) in [6.45, 7) is 1.48. The monoisotopic (exact) mass is 270 g/mol. The van der Waals surface area contributed by atoms with Crippen LogP contribution in [-0.2, 0) is 0 Å². The van der Waals surface area contributed by atoms with Crippen LogP contribution in [0.4, 0.5) is 23.1 Å². The predicted octanol–water partition coefficient (Wildman–Crippen LogP) is 1.89. The van der Waals surface area contributed by atoms with Crippen LogP contribution in [0.5, 0.6) is 0 Å². The first kappa shape index (κ1) is 13.2. The van der Waals surface area contributed by atoms with Gasteiger partial charge in [-0.2, -0.15) is 10.2 Å². The van der Waals surface area contributed by atoms with Gasteiger partial charge in [0.15, 0.2) is 0 Å². The minimum Gasteiger partial charge on any atom is -0.368 e. The highest BCUT2D eigenvalue weighted by Crippen LogP contribution is 2.28. The predicted molar refractivity (Wildman–Crippen MR) is 72.3 cm³/mol. The van der Waals surface area contributed by atoms with Crippen LogP contribution in [0, 0.1) is 28.4 Å². The van der Waals surface area contributed by atoms with Gasteiger partial charge in [0.2, 0.25) is 11.8 Å². The zero-order valence-electron chi connectivity index (χ0n) is 10.5. The number of rotatable bonds is 3. The molecular weight excluding hydrogens is 260 g/mol. The number of nitrogens with two attached hydrogens (primary N) is 1. The number of hydrogen-bond acceptors (Lipinski definition) is 7. The molecule has 0 spiro atoms. The van der Waals surface area contributed by atoms with Crippen LogP contribution < -0.4 is 11.1 Å². The Kier molecular flexibility index (Phi) is 3.43. The fourth-order valence-corrected chi connectivity index (χ4v) is 1.70. The van der Waals surface area contributed by atoms with E-state index in [4.69, 9.17) is 11.0 Å². The Morgan fingerprint density at radius 1 is 1.45 bits per heavy atom. The Balaban J connectivity index is 2.47. The lowest BCUT2D eigenvalue weighted by molar-refractivity contribution is -0.385. The second-order valence-corrected chi connectivity index (χ2v) is 3.94. The Morgan fingerprint density at radius 3 is 2.85 bits per heavy atom. The van der Waals surface area contributed by atoms with E-state index in [0.29, 0.717) is 11.3 Å². The van der Waals surface area contributed by atoms with Crippen molar-refractivity contribution in [2.75, 3.05) is 11.1 Å². The average molecular weight is 270 g/mol. The first-order valence-corrected chi connectivity index (χ1v) is 5.57. The minimum absolute atomic E-state index is 0.00455. The standard InChI is InChI=1S/C12H10N6O2/c1-7-10(18(19)20)11(17-12(14)15-7)16-9-4-2-3-8(5-9)6-13/h2-5H,1H3,(H3,14,15,16,17). The highest BCUT2D eigenvalue weighted by atomic mass is 16.6. The van der Waals surface area contributed by atoms with Gasteiger partial charge in [-0.15, -0.1) is 0 Å². The maximum atomic E-state index is 11.1.